The van der Waals surface area contributed by atoms with Gasteiger partial charge >= 0.3 is 0 Å². The van der Waals surface area contributed by atoms with E-state index in [2.05, 4.69) is 0 Å². The molecular formula is C22H22ClNO3. The summed E-state index contributed by atoms with van der Waals surface area (Å²) in [6.45, 7) is 6.33. The van der Waals surface area contributed by atoms with Crippen LogP contribution in [0, 0.1) is 12.8 Å². The van der Waals surface area contributed by atoms with Crippen molar-refractivity contribution < 1.29 is 14.7 Å². The van der Waals surface area contributed by atoms with Crippen molar-refractivity contribution in [2.24, 2.45) is 5.92 Å². The number of hydrogen-bond donors (Lipinski definition) is 1. The maximum atomic E-state index is 12.8. The molecule has 2 aromatic carbocycles. The van der Waals surface area contributed by atoms with Crippen LogP contribution in [0.25, 0.3) is 5.76 Å². The summed E-state index contributed by atoms with van der Waals surface area (Å²) in [5.74, 6) is -1.22. The van der Waals surface area contributed by atoms with E-state index in [1.54, 1.807) is 36.4 Å². The summed E-state index contributed by atoms with van der Waals surface area (Å²) in [5.41, 5.74) is 2.42. The predicted molar refractivity (Wildman–Crippen MR) is 106 cm³/mol. The van der Waals surface area contributed by atoms with Crippen molar-refractivity contribution in [3.05, 3.63) is 75.8 Å². The topological polar surface area (TPSA) is 57.6 Å². The molecule has 4 nitrogen and oxygen atoms in total. The number of nitrogens with zero attached hydrogens (tertiary/aromatic N) is 1. The number of hydrogen-bond acceptors (Lipinski definition) is 3. The predicted octanol–water partition coefficient (Wildman–Crippen LogP) is 4.73. The molecule has 1 N–H and O–H groups in total. The minimum atomic E-state index is -0.659. The van der Waals surface area contributed by atoms with Crippen molar-refractivity contribution in [2.75, 3.05) is 6.54 Å². The highest BCUT2D eigenvalue weighted by Gasteiger charge is 2.46. The minimum absolute atomic E-state index is 0.117. The molecule has 1 saturated heterocycles. The lowest BCUT2D eigenvalue weighted by atomic mass is 9.95. The van der Waals surface area contributed by atoms with Crippen LogP contribution in [0.15, 0.2) is 54.1 Å². The lowest BCUT2D eigenvalue weighted by Gasteiger charge is -2.26. The fraction of sp³-hybridized carbons (Fsp3) is 0.273. The van der Waals surface area contributed by atoms with Crippen molar-refractivity contribution in [1.82, 2.24) is 4.90 Å². The third kappa shape index (κ3) is 3.76. The second-order valence-corrected chi connectivity index (χ2v) is 7.70. The summed E-state index contributed by atoms with van der Waals surface area (Å²) in [6, 6.07) is 13.6. The first kappa shape index (κ1) is 19.2. The van der Waals surface area contributed by atoms with Crippen LogP contribution in [0.5, 0.6) is 0 Å². The van der Waals surface area contributed by atoms with Gasteiger partial charge in [0.1, 0.15) is 5.76 Å². The zero-order chi connectivity index (χ0) is 19.7. The van der Waals surface area contributed by atoms with Crippen molar-refractivity contribution in [3.63, 3.8) is 0 Å². The SMILES string of the molecule is Cc1ccc(C(O)=C2C(=O)C(=O)N(CC(C)C)C2c2ccc(Cl)cc2)cc1. The number of carbonyl (C=O) groups excluding carboxylic acids is 2. The standard InChI is InChI=1S/C22H22ClNO3/c1-13(2)12-24-19(15-8-10-17(23)11-9-15)18(21(26)22(24)27)20(25)16-6-4-14(3)5-7-16/h4-11,13,19,25H,12H2,1-3H3. The number of aliphatic hydroxyl groups is 1. The highest BCUT2D eigenvalue weighted by atomic mass is 35.5. The monoisotopic (exact) mass is 383 g/mol. The van der Waals surface area contributed by atoms with E-state index in [1.165, 1.54) is 4.90 Å². The van der Waals surface area contributed by atoms with Crippen LogP contribution >= 0.6 is 11.6 Å². The van der Waals surface area contributed by atoms with Crippen molar-refractivity contribution >= 4 is 29.1 Å². The molecule has 0 spiro atoms. The normalized spacial score (nSPS) is 19.1. The highest BCUT2D eigenvalue weighted by Crippen LogP contribution is 2.40. The van der Waals surface area contributed by atoms with Gasteiger partial charge in [0.2, 0.25) is 0 Å². The van der Waals surface area contributed by atoms with Gasteiger partial charge in [-0.2, -0.15) is 0 Å². The van der Waals surface area contributed by atoms with Crippen LogP contribution in [0.3, 0.4) is 0 Å². The molecule has 1 unspecified atom stereocenters. The summed E-state index contributed by atoms with van der Waals surface area (Å²) in [7, 11) is 0. The quantitative estimate of drug-likeness (QED) is 0.472. The first-order valence-corrected chi connectivity index (χ1v) is 9.28. The van der Waals surface area contributed by atoms with Gasteiger partial charge in [-0.05, 0) is 30.5 Å². The van der Waals surface area contributed by atoms with Crippen molar-refractivity contribution in [2.45, 2.75) is 26.8 Å². The molecular weight excluding hydrogens is 362 g/mol. The van der Waals surface area contributed by atoms with Gasteiger partial charge in [-0.15, -0.1) is 0 Å². The Balaban J connectivity index is 2.17. The molecule has 1 amide bonds. The fourth-order valence-electron chi connectivity index (χ4n) is 3.32. The van der Waals surface area contributed by atoms with Gasteiger partial charge in [0.25, 0.3) is 11.7 Å². The van der Waals surface area contributed by atoms with E-state index in [9.17, 15) is 14.7 Å². The van der Waals surface area contributed by atoms with Crippen molar-refractivity contribution in [3.8, 4) is 0 Å². The number of aryl methyl sites for hydroxylation is 1. The maximum absolute atomic E-state index is 12.8. The highest BCUT2D eigenvalue weighted by molar-refractivity contribution is 6.46. The Labute approximate surface area is 164 Å². The van der Waals surface area contributed by atoms with Crippen LogP contribution in [-0.4, -0.2) is 28.2 Å². The first-order valence-electron chi connectivity index (χ1n) is 8.90. The molecule has 5 heteroatoms. The lowest BCUT2D eigenvalue weighted by Crippen LogP contribution is -2.33. The first-order chi connectivity index (χ1) is 12.8. The zero-order valence-electron chi connectivity index (χ0n) is 15.6. The Morgan fingerprint density at radius 3 is 2.22 bits per heavy atom. The molecule has 1 aliphatic rings. The average Bonchev–Trinajstić information content (AvgIpc) is 2.87. The molecule has 3 rings (SSSR count). The van der Waals surface area contributed by atoms with Gasteiger partial charge in [0.05, 0.1) is 11.6 Å². The second kappa shape index (κ2) is 7.57. The van der Waals surface area contributed by atoms with Crippen LogP contribution in [-0.2, 0) is 9.59 Å². The van der Waals surface area contributed by atoms with Gasteiger partial charge in [-0.1, -0.05) is 67.4 Å². The minimum Gasteiger partial charge on any atom is -0.507 e. The number of amides is 1. The summed E-state index contributed by atoms with van der Waals surface area (Å²) in [6.07, 6.45) is 0. The number of ketones is 1. The second-order valence-electron chi connectivity index (χ2n) is 7.26. The van der Waals surface area contributed by atoms with E-state index in [-0.39, 0.29) is 17.3 Å². The van der Waals surface area contributed by atoms with E-state index in [1.807, 2.05) is 32.9 Å². The number of likely N-dealkylation sites (tertiary alicyclic amines) is 1. The summed E-state index contributed by atoms with van der Waals surface area (Å²) in [4.78, 5) is 27.0. The molecule has 0 radical (unpaired) electrons. The number of carbonyl (C=O) groups is 2. The molecule has 0 bridgehead atoms. The van der Waals surface area contributed by atoms with Gasteiger partial charge in [0, 0.05) is 17.1 Å². The van der Waals surface area contributed by atoms with E-state index in [0.717, 1.165) is 11.1 Å². The third-order valence-electron chi connectivity index (χ3n) is 4.61. The average molecular weight is 384 g/mol. The Morgan fingerprint density at radius 2 is 1.67 bits per heavy atom. The molecule has 1 fully saturated rings. The number of Topliss-reactive ketones (excluding diaryl/α,β-unsaturated/α-hetero) is 1. The number of aliphatic hydroxyl groups excluding tert-OH is 1. The Hall–Kier alpha value is -2.59. The third-order valence-corrected chi connectivity index (χ3v) is 4.86. The molecule has 1 heterocycles. The Morgan fingerprint density at radius 1 is 1.07 bits per heavy atom. The Bertz CT molecular complexity index is 898. The van der Waals surface area contributed by atoms with Gasteiger partial charge < -0.3 is 10.0 Å². The summed E-state index contributed by atoms with van der Waals surface area (Å²) in [5, 5.41) is 11.5. The number of rotatable bonds is 4. The van der Waals surface area contributed by atoms with Gasteiger partial charge in [-0.25, -0.2) is 0 Å². The molecule has 1 atom stereocenters. The van der Waals surface area contributed by atoms with Crippen LogP contribution in [0.4, 0.5) is 0 Å². The molecule has 27 heavy (non-hydrogen) atoms. The van der Waals surface area contributed by atoms with Crippen LogP contribution in [0.2, 0.25) is 5.02 Å². The summed E-state index contributed by atoms with van der Waals surface area (Å²) >= 11 is 6.00. The van der Waals surface area contributed by atoms with Gasteiger partial charge in [-0.3, -0.25) is 9.59 Å². The Kier molecular flexibility index (Phi) is 5.38. The van der Waals surface area contributed by atoms with E-state index < -0.39 is 17.7 Å². The summed E-state index contributed by atoms with van der Waals surface area (Å²) < 4.78 is 0. The maximum Gasteiger partial charge on any atom is 0.295 e. The largest absolute Gasteiger partial charge is 0.507 e. The van der Waals surface area contributed by atoms with Crippen LogP contribution in [0.1, 0.15) is 36.6 Å². The van der Waals surface area contributed by atoms with Crippen molar-refractivity contribution in [1.29, 1.82) is 0 Å². The number of benzene rings is 2. The molecule has 0 aliphatic carbocycles. The van der Waals surface area contributed by atoms with E-state index >= 15 is 0 Å². The fourth-order valence-corrected chi connectivity index (χ4v) is 3.45. The molecule has 2 aromatic rings. The molecule has 140 valence electrons. The van der Waals surface area contributed by atoms with Gasteiger partial charge in [0.15, 0.2) is 0 Å². The molecule has 0 aromatic heterocycles. The smallest absolute Gasteiger partial charge is 0.295 e. The molecule has 0 saturated carbocycles. The van der Waals surface area contributed by atoms with E-state index in [4.69, 9.17) is 11.6 Å². The van der Waals surface area contributed by atoms with E-state index in [0.29, 0.717) is 17.1 Å². The van der Waals surface area contributed by atoms with Crippen LogP contribution < -0.4 is 0 Å². The molecule has 1 aliphatic heterocycles. The lowest BCUT2D eigenvalue weighted by molar-refractivity contribution is -0.140. The zero-order valence-corrected chi connectivity index (χ0v) is 16.3. The number of halogens is 1.